The minimum Gasteiger partial charge on any atom is -0.468 e. The molecular weight excluding hydrogens is 285 g/mol. The van der Waals surface area contributed by atoms with E-state index in [9.17, 15) is 18.0 Å². The molecule has 116 valence electrons. The molecule has 0 aliphatic heterocycles. The summed E-state index contributed by atoms with van der Waals surface area (Å²) in [5.74, 6) is -0.439. The monoisotopic (exact) mass is 302 g/mol. The molecule has 0 aliphatic carbocycles. The number of methoxy groups -OCH3 is 1. The van der Waals surface area contributed by atoms with Crippen LogP contribution in [0.25, 0.3) is 0 Å². The number of nitrogens with one attached hydrogen (secondary N) is 1. The highest BCUT2D eigenvalue weighted by Crippen LogP contribution is 2.29. The van der Waals surface area contributed by atoms with Crippen molar-refractivity contribution in [2.45, 2.75) is 20.0 Å². The Hall–Kier alpha value is -2.05. The molecule has 1 rings (SSSR count). The topological polar surface area (TPSA) is 50.7 Å². The van der Waals surface area contributed by atoms with Crippen LogP contribution in [0.5, 0.6) is 0 Å². The normalized spacial score (nSPS) is 12.4. The number of amides is 1. The Labute approximate surface area is 121 Å². The highest BCUT2D eigenvalue weighted by atomic mass is 19.4. The molecule has 0 radical (unpaired) electrons. The molecule has 0 spiro atoms. The van der Waals surface area contributed by atoms with Gasteiger partial charge in [0, 0.05) is 12.1 Å². The maximum Gasteiger partial charge on any atom is 0.416 e. The third kappa shape index (κ3) is 5.45. The van der Waals surface area contributed by atoms with Crippen LogP contribution in [0.4, 0.5) is 13.2 Å². The first-order valence-corrected chi connectivity index (χ1v) is 6.31. The van der Waals surface area contributed by atoms with Gasteiger partial charge in [-0.3, -0.25) is 10.1 Å². The van der Waals surface area contributed by atoms with Crippen LogP contribution in [0.1, 0.15) is 29.8 Å². The summed E-state index contributed by atoms with van der Waals surface area (Å²) >= 11 is 0. The molecule has 1 N–H and O–H groups in total. The van der Waals surface area contributed by atoms with Crippen LogP contribution in [0.2, 0.25) is 0 Å². The van der Waals surface area contributed by atoms with Crippen molar-refractivity contribution in [1.29, 1.82) is 0 Å². The molecule has 4 nitrogen and oxygen atoms in total. The molecule has 0 unspecified atom stereocenters. The van der Waals surface area contributed by atoms with E-state index in [1.54, 1.807) is 0 Å². The van der Waals surface area contributed by atoms with Crippen LogP contribution >= 0.6 is 0 Å². The van der Waals surface area contributed by atoms with E-state index < -0.39 is 17.6 Å². The van der Waals surface area contributed by atoms with Gasteiger partial charge in [0.05, 0.1) is 12.7 Å². The van der Waals surface area contributed by atoms with Gasteiger partial charge in [0.2, 0.25) is 0 Å². The van der Waals surface area contributed by atoms with Gasteiger partial charge in [-0.15, -0.1) is 0 Å². The van der Waals surface area contributed by atoms with Crippen LogP contribution < -0.4 is 5.32 Å². The summed E-state index contributed by atoms with van der Waals surface area (Å²) in [7, 11) is 1.32. The third-order valence-corrected chi connectivity index (χ3v) is 2.47. The number of nitrogens with zero attached hydrogens (tertiary/aromatic N) is 1. The molecular formula is C14H17F3N2O2. The van der Waals surface area contributed by atoms with E-state index in [1.165, 1.54) is 19.2 Å². The molecule has 0 heterocycles. The lowest BCUT2D eigenvalue weighted by molar-refractivity contribution is -0.137. The first kappa shape index (κ1) is 17.0. The van der Waals surface area contributed by atoms with E-state index in [2.05, 4.69) is 10.3 Å². The number of hydrogen-bond donors (Lipinski definition) is 1. The maximum atomic E-state index is 12.6. The smallest absolute Gasteiger partial charge is 0.416 e. The number of alkyl halides is 3. The summed E-state index contributed by atoms with van der Waals surface area (Å²) in [5, 5.41) is 2.34. The van der Waals surface area contributed by atoms with Crippen molar-refractivity contribution in [3.05, 3.63) is 35.4 Å². The van der Waals surface area contributed by atoms with Gasteiger partial charge < -0.3 is 4.74 Å². The zero-order chi connectivity index (χ0) is 16.0. The van der Waals surface area contributed by atoms with E-state index in [-0.39, 0.29) is 17.5 Å². The van der Waals surface area contributed by atoms with E-state index >= 15 is 0 Å². The predicted molar refractivity (Wildman–Crippen MR) is 73.1 cm³/mol. The number of aliphatic imine (C=N–C) groups is 1. The Bertz CT molecular complexity index is 525. The fraction of sp³-hybridized carbons (Fsp3) is 0.429. The Morgan fingerprint density at radius 1 is 1.38 bits per heavy atom. The van der Waals surface area contributed by atoms with Crippen LogP contribution in [0.15, 0.2) is 29.3 Å². The SMILES string of the molecule is COC(=NCC(C)C)NC(=O)c1cccc(C(F)(F)F)c1. The highest BCUT2D eigenvalue weighted by molar-refractivity contribution is 6.04. The molecule has 1 aromatic rings. The van der Waals surface area contributed by atoms with E-state index in [0.29, 0.717) is 6.54 Å². The van der Waals surface area contributed by atoms with Crippen molar-refractivity contribution in [2.24, 2.45) is 10.9 Å². The molecule has 21 heavy (non-hydrogen) atoms. The molecule has 0 aliphatic rings. The Kier molecular flexibility index (Phi) is 5.75. The standard InChI is InChI=1S/C14H17F3N2O2/c1-9(2)8-18-13(21-3)19-12(20)10-5-4-6-11(7-10)14(15,16)17/h4-7,9H,8H2,1-3H3,(H,18,19,20). The average Bonchev–Trinajstić information content (AvgIpc) is 2.42. The average molecular weight is 302 g/mol. The number of halogens is 3. The van der Waals surface area contributed by atoms with Gasteiger partial charge in [0.1, 0.15) is 0 Å². The van der Waals surface area contributed by atoms with Gasteiger partial charge in [0.15, 0.2) is 0 Å². The lowest BCUT2D eigenvalue weighted by Gasteiger charge is -2.10. The fourth-order valence-electron chi connectivity index (χ4n) is 1.43. The number of benzene rings is 1. The van der Waals surface area contributed by atoms with Gasteiger partial charge in [0.25, 0.3) is 11.9 Å². The number of carbonyl (C=O) groups is 1. The van der Waals surface area contributed by atoms with E-state index in [4.69, 9.17) is 4.74 Å². The largest absolute Gasteiger partial charge is 0.468 e. The van der Waals surface area contributed by atoms with Crippen LogP contribution in [-0.4, -0.2) is 25.6 Å². The fourth-order valence-corrected chi connectivity index (χ4v) is 1.43. The summed E-state index contributed by atoms with van der Waals surface area (Å²) in [6.07, 6.45) is -4.49. The van der Waals surface area contributed by atoms with Crippen LogP contribution in [-0.2, 0) is 10.9 Å². The van der Waals surface area contributed by atoms with Crippen molar-refractivity contribution >= 4 is 11.9 Å². The first-order valence-electron chi connectivity index (χ1n) is 6.31. The zero-order valence-electron chi connectivity index (χ0n) is 12.0. The summed E-state index contributed by atoms with van der Waals surface area (Å²) in [6.45, 7) is 4.31. The number of amidine groups is 1. The second kappa shape index (κ2) is 7.10. The van der Waals surface area contributed by atoms with Crippen molar-refractivity contribution in [2.75, 3.05) is 13.7 Å². The second-order valence-corrected chi connectivity index (χ2v) is 4.78. The maximum absolute atomic E-state index is 12.6. The summed E-state index contributed by atoms with van der Waals surface area (Å²) in [6, 6.07) is 4.13. The van der Waals surface area contributed by atoms with E-state index in [1.807, 2.05) is 13.8 Å². The molecule has 0 atom stereocenters. The van der Waals surface area contributed by atoms with Crippen LogP contribution in [0, 0.1) is 5.92 Å². The number of ether oxygens (including phenoxy) is 1. The van der Waals surface area contributed by atoms with Gasteiger partial charge in [-0.2, -0.15) is 13.2 Å². The molecule has 0 fully saturated rings. The molecule has 7 heteroatoms. The van der Waals surface area contributed by atoms with Crippen molar-refractivity contribution in [3.63, 3.8) is 0 Å². The van der Waals surface area contributed by atoms with Gasteiger partial charge >= 0.3 is 6.18 Å². The lowest BCUT2D eigenvalue weighted by atomic mass is 10.1. The molecule has 0 aromatic heterocycles. The van der Waals surface area contributed by atoms with Gasteiger partial charge in [-0.25, -0.2) is 4.99 Å². The van der Waals surface area contributed by atoms with Gasteiger partial charge in [-0.05, 0) is 24.1 Å². The minimum atomic E-state index is -4.49. The number of rotatable bonds is 3. The number of hydrogen-bond acceptors (Lipinski definition) is 3. The van der Waals surface area contributed by atoms with Crippen molar-refractivity contribution in [1.82, 2.24) is 5.32 Å². The Balaban J connectivity index is 2.86. The van der Waals surface area contributed by atoms with Crippen molar-refractivity contribution < 1.29 is 22.7 Å². The van der Waals surface area contributed by atoms with Gasteiger partial charge in [-0.1, -0.05) is 19.9 Å². The zero-order valence-corrected chi connectivity index (χ0v) is 12.0. The summed E-state index contributed by atoms with van der Waals surface area (Å²) in [5.41, 5.74) is -0.993. The van der Waals surface area contributed by atoms with Crippen molar-refractivity contribution in [3.8, 4) is 0 Å². The molecule has 0 bridgehead atoms. The quantitative estimate of drug-likeness (QED) is 0.689. The molecule has 1 amide bonds. The number of carbonyl (C=O) groups excluding carboxylic acids is 1. The minimum absolute atomic E-state index is 0.0221. The van der Waals surface area contributed by atoms with E-state index in [0.717, 1.165) is 12.1 Å². The lowest BCUT2D eigenvalue weighted by Crippen LogP contribution is -2.32. The molecule has 1 aromatic carbocycles. The van der Waals surface area contributed by atoms with Crippen LogP contribution in [0.3, 0.4) is 0 Å². The Morgan fingerprint density at radius 3 is 2.57 bits per heavy atom. The molecule has 0 saturated heterocycles. The highest BCUT2D eigenvalue weighted by Gasteiger charge is 2.30. The molecule has 0 saturated carbocycles. The summed E-state index contributed by atoms with van der Waals surface area (Å²) < 4.78 is 42.7. The Morgan fingerprint density at radius 2 is 2.05 bits per heavy atom. The predicted octanol–water partition coefficient (Wildman–Crippen LogP) is 3.09. The first-order chi connectivity index (χ1) is 9.74. The third-order valence-electron chi connectivity index (χ3n) is 2.47. The summed E-state index contributed by atoms with van der Waals surface area (Å²) in [4.78, 5) is 15.9. The second-order valence-electron chi connectivity index (χ2n) is 4.78.